The lowest BCUT2D eigenvalue weighted by Crippen LogP contribution is -1.99. The summed E-state index contributed by atoms with van der Waals surface area (Å²) >= 11 is 0. The van der Waals surface area contributed by atoms with Gasteiger partial charge in [-0.1, -0.05) is 60.7 Å². The van der Waals surface area contributed by atoms with Crippen LogP contribution in [0.15, 0.2) is 72.8 Å². The van der Waals surface area contributed by atoms with Gasteiger partial charge in [0.1, 0.15) is 30.5 Å². The summed E-state index contributed by atoms with van der Waals surface area (Å²) in [5.74, 6) is 1.38. The van der Waals surface area contributed by atoms with Crippen molar-refractivity contribution in [3.8, 4) is 17.2 Å². The maximum Gasteiger partial charge on any atom is 0.130 e. The molecule has 0 aliphatic heterocycles. The molecule has 0 saturated carbocycles. The molecular weight excluding hydrogens is 300 g/mol. The third-order valence-electron chi connectivity index (χ3n) is 3.79. The van der Waals surface area contributed by atoms with Crippen molar-refractivity contribution in [2.24, 2.45) is 0 Å². The molecule has 0 spiro atoms. The lowest BCUT2D eigenvalue weighted by molar-refractivity contribution is 0.285. The fourth-order valence-corrected chi connectivity index (χ4v) is 2.36. The SMILES string of the molecule is Cc1c(O)cc(OCc2ccccc2)cc1OCc1ccccc1. The zero-order valence-electron chi connectivity index (χ0n) is 13.6. The molecule has 0 aliphatic carbocycles. The molecule has 0 heterocycles. The van der Waals surface area contributed by atoms with E-state index < -0.39 is 0 Å². The van der Waals surface area contributed by atoms with Crippen LogP contribution in [0.2, 0.25) is 0 Å². The van der Waals surface area contributed by atoms with Gasteiger partial charge in [-0.25, -0.2) is 0 Å². The zero-order valence-corrected chi connectivity index (χ0v) is 13.6. The number of benzene rings is 3. The number of ether oxygens (including phenoxy) is 2. The molecule has 3 aromatic carbocycles. The molecule has 3 rings (SSSR count). The molecular formula is C21H20O3. The first-order chi connectivity index (χ1) is 11.7. The molecule has 0 amide bonds. The second-order valence-electron chi connectivity index (χ2n) is 5.61. The predicted molar refractivity (Wildman–Crippen MR) is 94.4 cm³/mol. The molecule has 122 valence electrons. The summed E-state index contributed by atoms with van der Waals surface area (Å²) in [7, 11) is 0. The first kappa shape index (κ1) is 15.9. The van der Waals surface area contributed by atoms with Gasteiger partial charge in [0.05, 0.1) is 0 Å². The molecule has 24 heavy (non-hydrogen) atoms. The second kappa shape index (κ2) is 7.55. The van der Waals surface area contributed by atoms with Crippen LogP contribution in [0.4, 0.5) is 0 Å². The van der Waals surface area contributed by atoms with E-state index in [1.54, 1.807) is 6.07 Å². The van der Waals surface area contributed by atoms with E-state index >= 15 is 0 Å². The molecule has 0 atom stereocenters. The number of phenolic OH excluding ortho intramolecular Hbond substituents is 1. The zero-order chi connectivity index (χ0) is 16.8. The van der Waals surface area contributed by atoms with Crippen molar-refractivity contribution in [2.45, 2.75) is 20.1 Å². The van der Waals surface area contributed by atoms with Crippen LogP contribution in [-0.4, -0.2) is 5.11 Å². The average Bonchev–Trinajstić information content (AvgIpc) is 2.63. The summed E-state index contributed by atoms with van der Waals surface area (Å²) in [4.78, 5) is 0. The van der Waals surface area contributed by atoms with Gasteiger partial charge < -0.3 is 14.6 Å². The first-order valence-electron chi connectivity index (χ1n) is 7.89. The fourth-order valence-electron chi connectivity index (χ4n) is 2.36. The maximum absolute atomic E-state index is 10.1. The first-order valence-corrected chi connectivity index (χ1v) is 7.89. The van der Waals surface area contributed by atoms with Crippen LogP contribution >= 0.6 is 0 Å². The Hall–Kier alpha value is -2.94. The Bertz CT molecular complexity index is 783. The minimum atomic E-state index is 0.170. The van der Waals surface area contributed by atoms with E-state index in [-0.39, 0.29) is 5.75 Å². The molecule has 0 bridgehead atoms. The Morgan fingerprint density at radius 3 is 1.88 bits per heavy atom. The van der Waals surface area contributed by atoms with Gasteiger partial charge in [-0.2, -0.15) is 0 Å². The molecule has 0 saturated heterocycles. The smallest absolute Gasteiger partial charge is 0.130 e. The highest BCUT2D eigenvalue weighted by atomic mass is 16.5. The van der Waals surface area contributed by atoms with E-state index in [9.17, 15) is 5.11 Å². The van der Waals surface area contributed by atoms with Crippen molar-refractivity contribution < 1.29 is 14.6 Å². The number of hydrogen-bond acceptors (Lipinski definition) is 3. The van der Waals surface area contributed by atoms with Crippen LogP contribution in [0.25, 0.3) is 0 Å². The molecule has 3 nitrogen and oxygen atoms in total. The van der Waals surface area contributed by atoms with Gasteiger partial charge in [0.25, 0.3) is 0 Å². The molecule has 3 heteroatoms. The van der Waals surface area contributed by atoms with Crippen molar-refractivity contribution in [2.75, 3.05) is 0 Å². The van der Waals surface area contributed by atoms with E-state index in [0.717, 1.165) is 11.1 Å². The van der Waals surface area contributed by atoms with E-state index in [1.165, 1.54) is 0 Å². The summed E-state index contributed by atoms with van der Waals surface area (Å²) in [5.41, 5.74) is 2.86. The Labute approximate surface area is 142 Å². The Kier molecular flexibility index (Phi) is 5.02. The Balaban J connectivity index is 1.71. The topological polar surface area (TPSA) is 38.7 Å². The lowest BCUT2D eigenvalue weighted by Gasteiger charge is -2.13. The van der Waals surface area contributed by atoms with E-state index in [2.05, 4.69) is 0 Å². The molecule has 0 radical (unpaired) electrons. The van der Waals surface area contributed by atoms with Gasteiger partial charge in [0.15, 0.2) is 0 Å². The summed E-state index contributed by atoms with van der Waals surface area (Å²) in [6.45, 7) is 2.72. The van der Waals surface area contributed by atoms with Crippen LogP contribution in [0, 0.1) is 6.92 Å². The van der Waals surface area contributed by atoms with E-state index in [0.29, 0.717) is 30.3 Å². The van der Waals surface area contributed by atoms with E-state index in [4.69, 9.17) is 9.47 Å². The van der Waals surface area contributed by atoms with Gasteiger partial charge >= 0.3 is 0 Å². The molecule has 0 aliphatic rings. The van der Waals surface area contributed by atoms with Crippen LogP contribution in [0.3, 0.4) is 0 Å². The number of aromatic hydroxyl groups is 1. The Morgan fingerprint density at radius 1 is 0.750 bits per heavy atom. The largest absolute Gasteiger partial charge is 0.507 e. The summed E-state index contributed by atoms with van der Waals surface area (Å²) in [5, 5.41) is 10.1. The summed E-state index contributed by atoms with van der Waals surface area (Å²) in [6, 6.07) is 23.3. The van der Waals surface area contributed by atoms with Gasteiger partial charge in [0, 0.05) is 17.7 Å². The molecule has 0 aromatic heterocycles. The average molecular weight is 320 g/mol. The third kappa shape index (κ3) is 4.07. The highest BCUT2D eigenvalue weighted by Crippen LogP contribution is 2.33. The van der Waals surface area contributed by atoms with Crippen molar-refractivity contribution in [3.05, 3.63) is 89.5 Å². The fraction of sp³-hybridized carbons (Fsp3) is 0.143. The van der Waals surface area contributed by atoms with Crippen molar-refractivity contribution in [1.29, 1.82) is 0 Å². The number of hydrogen-bond donors (Lipinski definition) is 1. The van der Waals surface area contributed by atoms with Crippen LogP contribution < -0.4 is 9.47 Å². The minimum absolute atomic E-state index is 0.170. The van der Waals surface area contributed by atoms with Gasteiger partial charge in [-0.05, 0) is 18.1 Å². The molecule has 1 N–H and O–H groups in total. The molecule has 0 unspecified atom stereocenters. The standard InChI is InChI=1S/C21H20O3/c1-16-20(22)12-19(23-14-17-8-4-2-5-9-17)13-21(16)24-15-18-10-6-3-7-11-18/h2-13,22H,14-15H2,1H3. The maximum atomic E-state index is 10.1. The van der Waals surface area contributed by atoms with Crippen molar-refractivity contribution in [3.63, 3.8) is 0 Å². The summed E-state index contributed by atoms with van der Waals surface area (Å²) in [6.07, 6.45) is 0. The van der Waals surface area contributed by atoms with Gasteiger partial charge in [-0.3, -0.25) is 0 Å². The quantitative estimate of drug-likeness (QED) is 0.705. The number of phenols is 1. The normalized spacial score (nSPS) is 10.4. The second-order valence-corrected chi connectivity index (χ2v) is 5.61. The monoisotopic (exact) mass is 320 g/mol. The lowest BCUT2D eigenvalue weighted by atomic mass is 10.2. The van der Waals surface area contributed by atoms with Crippen molar-refractivity contribution >= 4 is 0 Å². The van der Waals surface area contributed by atoms with Crippen LogP contribution in [0.5, 0.6) is 17.2 Å². The number of rotatable bonds is 6. The van der Waals surface area contributed by atoms with E-state index in [1.807, 2.05) is 73.7 Å². The van der Waals surface area contributed by atoms with Crippen molar-refractivity contribution in [1.82, 2.24) is 0 Å². The third-order valence-corrected chi connectivity index (χ3v) is 3.79. The highest BCUT2D eigenvalue weighted by molar-refractivity contribution is 5.49. The molecule has 0 fully saturated rings. The Morgan fingerprint density at radius 2 is 1.29 bits per heavy atom. The predicted octanol–water partition coefficient (Wildman–Crippen LogP) is 4.86. The highest BCUT2D eigenvalue weighted by Gasteiger charge is 2.09. The van der Waals surface area contributed by atoms with Gasteiger partial charge in [-0.15, -0.1) is 0 Å². The van der Waals surface area contributed by atoms with Crippen LogP contribution in [0.1, 0.15) is 16.7 Å². The summed E-state index contributed by atoms with van der Waals surface area (Å²) < 4.78 is 11.6. The van der Waals surface area contributed by atoms with Gasteiger partial charge in [0.2, 0.25) is 0 Å². The van der Waals surface area contributed by atoms with Crippen LogP contribution in [-0.2, 0) is 13.2 Å². The molecule has 3 aromatic rings. The minimum Gasteiger partial charge on any atom is -0.507 e.